The lowest BCUT2D eigenvalue weighted by Crippen LogP contribution is -2.48. The minimum Gasteiger partial charge on any atom is -0.415 e. The molecule has 0 spiro atoms. The molecular formula is C16H26N2O2Si. The van der Waals surface area contributed by atoms with Crippen molar-refractivity contribution in [2.24, 2.45) is 0 Å². The molecule has 0 atom stereocenters. The molecule has 2 amide bonds. The summed E-state index contributed by atoms with van der Waals surface area (Å²) >= 11 is 0. The third-order valence-corrected chi connectivity index (χ3v) is 9.08. The average Bonchev–Trinajstić information content (AvgIpc) is 2.40. The number of nitrogens with one attached hydrogen (secondary N) is 1. The fourth-order valence-corrected chi connectivity index (χ4v) is 3.16. The van der Waals surface area contributed by atoms with E-state index in [2.05, 4.69) is 45.2 Å². The summed E-state index contributed by atoms with van der Waals surface area (Å²) in [6.45, 7) is 12.9. The third kappa shape index (κ3) is 3.47. The number of fused-ring (bicyclic) bond motifs is 1. The van der Waals surface area contributed by atoms with Gasteiger partial charge in [-0.25, -0.2) is 4.79 Å². The average molecular weight is 306 g/mol. The van der Waals surface area contributed by atoms with Gasteiger partial charge >= 0.3 is 6.03 Å². The highest BCUT2D eigenvalue weighted by Gasteiger charge is 2.37. The van der Waals surface area contributed by atoms with Crippen LogP contribution in [0.3, 0.4) is 0 Å². The molecule has 0 radical (unpaired) electrons. The minimum atomic E-state index is -1.76. The molecule has 2 rings (SSSR count). The number of benzene rings is 1. The smallest absolute Gasteiger partial charge is 0.322 e. The number of hydrogen-bond donors (Lipinski definition) is 1. The standard InChI is InChI=1S/C16H26N2O2Si/c1-16(2,3)21(4,5)20-11-10-18-14-9-7-6-8-13(14)12-17-15(18)19/h6-9H,10-12H2,1-5H3,(H,17,19). The largest absolute Gasteiger partial charge is 0.415 e. The van der Waals surface area contributed by atoms with Crippen molar-refractivity contribution in [1.29, 1.82) is 0 Å². The number of anilines is 1. The van der Waals surface area contributed by atoms with Crippen LogP contribution in [0.4, 0.5) is 10.5 Å². The number of hydrogen-bond acceptors (Lipinski definition) is 2. The predicted molar refractivity (Wildman–Crippen MR) is 89.2 cm³/mol. The van der Waals surface area contributed by atoms with Crippen molar-refractivity contribution in [1.82, 2.24) is 5.32 Å². The molecule has 0 aliphatic carbocycles. The van der Waals surface area contributed by atoms with Crippen LogP contribution in [0, 0.1) is 0 Å². The Hall–Kier alpha value is -1.33. The van der Waals surface area contributed by atoms with E-state index in [1.165, 1.54) is 0 Å². The Morgan fingerprint density at radius 1 is 1.29 bits per heavy atom. The molecule has 1 heterocycles. The number of carbonyl (C=O) groups is 1. The van der Waals surface area contributed by atoms with Gasteiger partial charge in [-0.15, -0.1) is 0 Å². The van der Waals surface area contributed by atoms with Crippen molar-refractivity contribution < 1.29 is 9.22 Å². The summed E-state index contributed by atoms with van der Waals surface area (Å²) in [4.78, 5) is 13.9. The van der Waals surface area contributed by atoms with Gasteiger partial charge < -0.3 is 9.74 Å². The quantitative estimate of drug-likeness (QED) is 0.861. The molecule has 116 valence electrons. The topological polar surface area (TPSA) is 41.6 Å². The molecule has 4 nitrogen and oxygen atoms in total. The van der Waals surface area contributed by atoms with Gasteiger partial charge in [0.25, 0.3) is 0 Å². The zero-order valence-electron chi connectivity index (χ0n) is 13.7. The Balaban J connectivity index is 2.02. The number of rotatable bonds is 4. The van der Waals surface area contributed by atoms with Gasteiger partial charge in [-0.05, 0) is 29.8 Å². The maximum Gasteiger partial charge on any atom is 0.322 e. The van der Waals surface area contributed by atoms with Crippen molar-refractivity contribution in [3.8, 4) is 0 Å². The molecule has 0 aromatic heterocycles. The molecule has 0 saturated heterocycles. The van der Waals surface area contributed by atoms with E-state index in [9.17, 15) is 4.79 Å². The first-order valence-corrected chi connectivity index (χ1v) is 10.4. The second kappa shape index (κ2) is 5.81. The highest BCUT2D eigenvalue weighted by atomic mass is 28.4. The van der Waals surface area contributed by atoms with E-state index in [0.717, 1.165) is 11.3 Å². The van der Waals surface area contributed by atoms with Gasteiger partial charge in [-0.1, -0.05) is 39.0 Å². The molecular weight excluding hydrogens is 280 g/mol. The SMILES string of the molecule is CC(C)(C)[Si](C)(C)OCCN1C(=O)NCc2ccccc21. The van der Waals surface area contributed by atoms with Crippen LogP contribution in [0.1, 0.15) is 26.3 Å². The maximum absolute atomic E-state index is 12.1. The number of amides is 2. The van der Waals surface area contributed by atoms with E-state index in [4.69, 9.17) is 4.43 Å². The van der Waals surface area contributed by atoms with E-state index >= 15 is 0 Å². The lowest BCUT2D eigenvalue weighted by atomic mass is 10.1. The molecule has 0 unspecified atom stereocenters. The molecule has 1 aromatic carbocycles. The Morgan fingerprint density at radius 2 is 1.95 bits per heavy atom. The van der Waals surface area contributed by atoms with Gasteiger partial charge in [0.2, 0.25) is 0 Å². The van der Waals surface area contributed by atoms with Crippen LogP contribution >= 0.6 is 0 Å². The fraction of sp³-hybridized carbons (Fsp3) is 0.562. The van der Waals surface area contributed by atoms with Gasteiger partial charge in [0.1, 0.15) is 0 Å². The normalized spacial score (nSPS) is 15.7. The summed E-state index contributed by atoms with van der Waals surface area (Å²) in [5.41, 5.74) is 2.16. The van der Waals surface area contributed by atoms with Crippen LogP contribution in [0.25, 0.3) is 0 Å². The molecule has 1 aliphatic rings. The summed E-state index contributed by atoms with van der Waals surface area (Å²) in [5, 5.41) is 3.10. The first-order chi connectivity index (χ1) is 9.72. The fourth-order valence-electron chi connectivity index (χ4n) is 2.13. The lowest BCUT2D eigenvalue weighted by molar-refractivity contribution is 0.240. The summed E-state index contributed by atoms with van der Waals surface area (Å²) in [6, 6.07) is 7.99. The second-order valence-corrected chi connectivity index (χ2v) is 11.9. The van der Waals surface area contributed by atoms with Crippen molar-refractivity contribution in [3.05, 3.63) is 29.8 Å². The van der Waals surface area contributed by atoms with Crippen LogP contribution < -0.4 is 10.2 Å². The predicted octanol–water partition coefficient (Wildman–Crippen LogP) is 3.74. The first kappa shape index (κ1) is 16.0. The monoisotopic (exact) mass is 306 g/mol. The summed E-state index contributed by atoms with van der Waals surface area (Å²) in [7, 11) is -1.76. The van der Waals surface area contributed by atoms with E-state index < -0.39 is 8.32 Å². The number of para-hydroxylation sites is 1. The van der Waals surface area contributed by atoms with Crippen LogP contribution in [-0.4, -0.2) is 27.5 Å². The van der Waals surface area contributed by atoms with Crippen LogP contribution in [0.2, 0.25) is 18.1 Å². The van der Waals surface area contributed by atoms with Gasteiger partial charge in [0.15, 0.2) is 8.32 Å². The van der Waals surface area contributed by atoms with E-state index in [1.54, 1.807) is 4.90 Å². The molecule has 21 heavy (non-hydrogen) atoms. The second-order valence-electron chi connectivity index (χ2n) is 7.05. The molecule has 0 fully saturated rings. The number of urea groups is 1. The van der Waals surface area contributed by atoms with Crippen molar-refractivity contribution in [3.63, 3.8) is 0 Å². The molecule has 0 bridgehead atoms. The van der Waals surface area contributed by atoms with Crippen molar-refractivity contribution in [2.45, 2.75) is 45.4 Å². The Kier molecular flexibility index (Phi) is 4.44. The van der Waals surface area contributed by atoms with E-state index in [0.29, 0.717) is 19.7 Å². The Labute approximate surface area is 128 Å². The van der Waals surface area contributed by atoms with Gasteiger partial charge in [0, 0.05) is 13.1 Å². The Morgan fingerprint density at radius 3 is 2.62 bits per heavy atom. The first-order valence-electron chi connectivity index (χ1n) is 7.49. The molecule has 0 saturated carbocycles. The maximum atomic E-state index is 12.1. The lowest BCUT2D eigenvalue weighted by Gasteiger charge is -2.37. The Bertz CT molecular complexity index is 523. The highest BCUT2D eigenvalue weighted by Crippen LogP contribution is 2.36. The van der Waals surface area contributed by atoms with E-state index in [-0.39, 0.29) is 11.1 Å². The molecule has 1 N–H and O–H groups in total. The zero-order valence-corrected chi connectivity index (χ0v) is 14.7. The van der Waals surface area contributed by atoms with Gasteiger partial charge in [0.05, 0.1) is 12.3 Å². The van der Waals surface area contributed by atoms with Crippen LogP contribution in [0.15, 0.2) is 24.3 Å². The number of carbonyl (C=O) groups excluding carboxylic acids is 1. The minimum absolute atomic E-state index is 0.0347. The summed E-state index contributed by atoms with van der Waals surface area (Å²) < 4.78 is 6.18. The highest BCUT2D eigenvalue weighted by molar-refractivity contribution is 6.74. The van der Waals surface area contributed by atoms with Crippen molar-refractivity contribution in [2.75, 3.05) is 18.1 Å². The summed E-state index contributed by atoms with van der Waals surface area (Å²) in [5.74, 6) is 0. The van der Waals surface area contributed by atoms with Crippen molar-refractivity contribution >= 4 is 20.0 Å². The third-order valence-electron chi connectivity index (χ3n) is 4.54. The van der Waals surface area contributed by atoms with Gasteiger partial charge in [-0.3, -0.25) is 4.90 Å². The molecule has 1 aliphatic heterocycles. The van der Waals surface area contributed by atoms with E-state index in [1.807, 2.05) is 18.2 Å². The molecule has 5 heteroatoms. The van der Waals surface area contributed by atoms with Gasteiger partial charge in [-0.2, -0.15) is 0 Å². The molecule has 1 aromatic rings. The number of nitrogens with zero attached hydrogens (tertiary/aromatic N) is 1. The zero-order chi connectivity index (χ0) is 15.7. The van der Waals surface area contributed by atoms with Crippen LogP contribution in [0.5, 0.6) is 0 Å². The van der Waals surface area contributed by atoms with Crippen LogP contribution in [-0.2, 0) is 11.0 Å². The summed E-state index contributed by atoms with van der Waals surface area (Å²) in [6.07, 6.45) is 0.